The molecule has 0 aliphatic heterocycles. The SMILES string of the molecule is NCCC(O)c1cccnc1C(F)F. The zero-order chi connectivity index (χ0) is 10.6. The average Bonchev–Trinajstić information content (AvgIpc) is 2.18. The maximum atomic E-state index is 12.4. The predicted molar refractivity (Wildman–Crippen MR) is 47.8 cm³/mol. The summed E-state index contributed by atoms with van der Waals surface area (Å²) in [6.45, 7) is 0.249. The largest absolute Gasteiger partial charge is 0.388 e. The first kappa shape index (κ1) is 11.0. The summed E-state index contributed by atoms with van der Waals surface area (Å²) < 4.78 is 24.8. The molecule has 0 saturated heterocycles. The standard InChI is InChI=1S/C9H12F2N2O/c10-9(11)8-6(2-1-5-13-8)7(14)3-4-12/h1-2,5,7,9,14H,3-4,12H2. The van der Waals surface area contributed by atoms with E-state index in [0.29, 0.717) is 0 Å². The molecule has 1 aromatic heterocycles. The van der Waals surface area contributed by atoms with Gasteiger partial charge in [0.25, 0.3) is 6.43 Å². The zero-order valence-electron chi connectivity index (χ0n) is 7.53. The molecule has 0 aromatic carbocycles. The molecule has 0 fully saturated rings. The maximum Gasteiger partial charge on any atom is 0.280 e. The Labute approximate surface area is 80.6 Å². The van der Waals surface area contributed by atoms with Crippen LogP contribution in [0.3, 0.4) is 0 Å². The highest BCUT2D eigenvalue weighted by molar-refractivity contribution is 5.23. The number of aliphatic hydroxyl groups excluding tert-OH is 1. The molecule has 3 N–H and O–H groups in total. The molecule has 0 bridgehead atoms. The summed E-state index contributed by atoms with van der Waals surface area (Å²) in [5.41, 5.74) is 5.02. The van der Waals surface area contributed by atoms with Gasteiger partial charge >= 0.3 is 0 Å². The van der Waals surface area contributed by atoms with E-state index in [4.69, 9.17) is 5.73 Å². The Hall–Kier alpha value is -1.07. The van der Waals surface area contributed by atoms with Gasteiger partial charge in [-0.05, 0) is 19.0 Å². The summed E-state index contributed by atoms with van der Waals surface area (Å²) in [5.74, 6) is 0. The molecule has 1 rings (SSSR count). The Morgan fingerprint density at radius 1 is 1.50 bits per heavy atom. The van der Waals surface area contributed by atoms with E-state index in [0.717, 1.165) is 0 Å². The van der Waals surface area contributed by atoms with Gasteiger partial charge < -0.3 is 10.8 Å². The van der Waals surface area contributed by atoms with Crippen molar-refractivity contribution in [3.8, 4) is 0 Å². The third kappa shape index (κ3) is 2.46. The molecule has 1 atom stereocenters. The van der Waals surface area contributed by atoms with E-state index < -0.39 is 12.5 Å². The van der Waals surface area contributed by atoms with Crippen molar-refractivity contribution in [2.45, 2.75) is 19.0 Å². The predicted octanol–water partition coefficient (Wildman–Crippen LogP) is 1.40. The lowest BCUT2D eigenvalue weighted by Gasteiger charge is -2.12. The molecule has 0 radical (unpaired) electrons. The first-order chi connectivity index (χ1) is 6.66. The number of pyridine rings is 1. The van der Waals surface area contributed by atoms with E-state index in [1.54, 1.807) is 0 Å². The normalized spacial score (nSPS) is 13.2. The van der Waals surface area contributed by atoms with Gasteiger partial charge in [0, 0.05) is 11.8 Å². The van der Waals surface area contributed by atoms with E-state index in [-0.39, 0.29) is 24.2 Å². The van der Waals surface area contributed by atoms with Crippen LogP contribution in [0.25, 0.3) is 0 Å². The van der Waals surface area contributed by atoms with Crippen LogP contribution >= 0.6 is 0 Å². The third-order valence-electron chi connectivity index (χ3n) is 1.88. The second-order valence-electron chi connectivity index (χ2n) is 2.87. The summed E-state index contributed by atoms with van der Waals surface area (Å²) >= 11 is 0. The molecule has 1 aromatic rings. The minimum Gasteiger partial charge on any atom is -0.388 e. The van der Waals surface area contributed by atoms with Crippen molar-refractivity contribution in [1.82, 2.24) is 4.98 Å². The summed E-state index contributed by atoms with van der Waals surface area (Å²) in [7, 11) is 0. The van der Waals surface area contributed by atoms with Crippen molar-refractivity contribution in [3.63, 3.8) is 0 Å². The molecule has 0 saturated carbocycles. The van der Waals surface area contributed by atoms with Gasteiger partial charge in [0.1, 0.15) is 5.69 Å². The van der Waals surface area contributed by atoms with Gasteiger partial charge in [-0.1, -0.05) is 6.07 Å². The Balaban J connectivity index is 2.94. The molecule has 14 heavy (non-hydrogen) atoms. The lowest BCUT2D eigenvalue weighted by atomic mass is 10.1. The molecule has 0 spiro atoms. The molecule has 0 aliphatic carbocycles. The molecule has 1 unspecified atom stereocenters. The lowest BCUT2D eigenvalue weighted by molar-refractivity contribution is 0.129. The van der Waals surface area contributed by atoms with Gasteiger partial charge in [-0.2, -0.15) is 0 Å². The molecular weight excluding hydrogens is 190 g/mol. The van der Waals surface area contributed by atoms with Crippen LogP contribution in [-0.2, 0) is 0 Å². The number of aliphatic hydroxyl groups is 1. The number of rotatable bonds is 4. The van der Waals surface area contributed by atoms with Crippen molar-refractivity contribution < 1.29 is 13.9 Å². The molecule has 5 heteroatoms. The number of alkyl halides is 2. The van der Waals surface area contributed by atoms with Crippen molar-refractivity contribution in [2.24, 2.45) is 5.73 Å². The topological polar surface area (TPSA) is 59.1 Å². The fourth-order valence-corrected chi connectivity index (χ4v) is 1.21. The zero-order valence-corrected chi connectivity index (χ0v) is 7.53. The van der Waals surface area contributed by atoms with Crippen LogP contribution in [0.15, 0.2) is 18.3 Å². The second-order valence-corrected chi connectivity index (χ2v) is 2.87. The molecular formula is C9H12F2N2O. The quantitative estimate of drug-likeness (QED) is 0.775. The number of nitrogens with zero attached hydrogens (tertiary/aromatic N) is 1. The Morgan fingerprint density at radius 3 is 2.79 bits per heavy atom. The van der Waals surface area contributed by atoms with Crippen molar-refractivity contribution in [3.05, 3.63) is 29.6 Å². The van der Waals surface area contributed by atoms with Crippen molar-refractivity contribution in [1.29, 1.82) is 0 Å². The van der Waals surface area contributed by atoms with E-state index in [9.17, 15) is 13.9 Å². The van der Waals surface area contributed by atoms with Gasteiger partial charge in [0.2, 0.25) is 0 Å². The molecule has 0 aliphatic rings. The highest BCUT2D eigenvalue weighted by Crippen LogP contribution is 2.26. The van der Waals surface area contributed by atoms with Crippen LogP contribution in [0, 0.1) is 0 Å². The average molecular weight is 202 g/mol. The summed E-state index contributed by atoms with van der Waals surface area (Å²) in [6.07, 6.45) is -2.10. The first-order valence-corrected chi connectivity index (χ1v) is 4.28. The fourth-order valence-electron chi connectivity index (χ4n) is 1.21. The highest BCUT2D eigenvalue weighted by atomic mass is 19.3. The van der Waals surface area contributed by atoms with Crippen LogP contribution in [-0.4, -0.2) is 16.6 Å². The summed E-state index contributed by atoms with van der Waals surface area (Å²) in [5, 5.41) is 9.50. The van der Waals surface area contributed by atoms with Gasteiger partial charge in [0.15, 0.2) is 0 Å². The molecule has 78 valence electrons. The van der Waals surface area contributed by atoms with Crippen LogP contribution in [0.2, 0.25) is 0 Å². The van der Waals surface area contributed by atoms with E-state index >= 15 is 0 Å². The lowest BCUT2D eigenvalue weighted by Crippen LogP contribution is -2.09. The number of hydrogen-bond donors (Lipinski definition) is 2. The van der Waals surface area contributed by atoms with E-state index in [1.807, 2.05) is 0 Å². The van der Waals surface area contributed by atoms with Crippen molar-refractivity contribution >= 4 is 0 Å². The van der Waals surface area contributed by atoms with Crippen LogP contribution in [0.1, 0.15) is 30.2 Å². The Kier molecular flexibility index (Phi) is 3.91. The second kappa shape index (κ2) is 4.97. The minimum atomic E-state index is -2.67. The van der Waals surface area contributed by atoms with Gasteiger partial charge in [-0.3, -0.25) is 4.98 Å². The monoisotopic (exact) mass is 202 g/mol. The number of halogens is 2. The summed E-state index contributed by atoms with van der Waals surface area (Å²) in [4.78, 5) is 3.53. The summed E-state index contributed by atoms with van der Waals surface area (Å²) in [6, 6.07) is 2.95. The van der Waals surface area contributed by atoms with Gasteiger partial charge in [-0.15, -0.1) is 0 Å². The number of hydrogen-bond acceptors (Lipinski definition) is 3. The number of nitrogens with two attached hydrogens (primary N) is 1. The van der Waals surface area contributed by atoms with Crippen molar-refractivity contribution in [2.75, 3.05) is 6.54 Å². The Bertz CT molecular complexity index is 294. The van der Waals surface area contributed by atoms with Gasteiger partial charge in [0.05, 0.1) is 6.10 Å². The van der Waals surface area contributed by atoms with Crippen LogP contribution in [0.5, 0.6) is 0 Å². The fraction of sp³-hybridized carbons (Fsp3) is 0.444. The third-order valence-corrected chi connectivity index (χ3v) is 1.88. The Morgan fingerprint density at radius 2 is 2.21 bits per heavy atom. The highest BCUT2D eigenvalue weighted by Gasteiger charge is 2.18. The first-order valence-electron chi connectivity index (χ1n) is 4.28. The van der Waals surface area contributed by atoms with Crippen LogP contribution < -0.4 is 5.73 Å². The maximum absolute atomic E-state index is 12.4. The molecule has 1 heterocycles. The van der Waals surface area contributed by atoms with E-state index in [2.05, 4.69) is 4.98 Å². The molecule has 0 amide bonds. The number of aromatic nitrogens is 1. The van der Waals surface area contributed by atoms with Crippen LogP contribution in [0.4, 0.5) is 8.78 Å². The minimum absolute atomic E-state index is 0.160. The van der Waals surface area contributed by atoms with Gasteiger partial charge in [-0.25, -0.2) is 8.78 Å². The molecule has 3 nitrogen and oxygen atoms in total. The van der Waals surface area contributed by atoms with E-state index in [1.165, 1.54) is 18.3 Å². The smallest absolute Gasteiger partial charge is 0.280 e.